The molecule has 0 fully saturated rings. The summed E-state index contributed by atoms with van der Waals surface area (Å²) in [5, 5.41) is 20.8. The SMILES string of the molecule is CCCCCCCCc1ccc(-c2cnc(C(C)(CO)NC(=O)O)[nH]2)cc1. The number of amides is 1. The molecule has 0 aliphatic heterocycles. The molecule has 6 nitrogen and oxygen atoms in total. The highest BCUT2D eigenvalue weighted by atomic mass is 16.4. The van der Waals surface area contributed by atoms with Gasteiger partial charge in [-0.1, -0.05) is 63.3 Å². The third-order valence-corrected chi connectivity index (χ3v) is 4.88. The largest absolute Gasteiger partial charge is 0.465 e. The first-order chi connectivity index (χ1) is 13.0. The number of H-pyrrole nitrogens is 1. The van der Waals surface area contributed by atoms with Crippen molar-refractivity contribution in [2.24, 2.45) is 0 Å². The average molecular weight is 373 g/mol. The van der Waals surface area contributed by atoms with Crippen molar-refractivity contribution in [3.05, 3.63) is 41.9 Å². The Hall–Kier alpha value is -2.34. The van der Waals surface area contributed by atoms with E-state index in [2.05, 4.69) is 34.3 Å². The zero-order valence-corrected chi connectivity index (χ0v) is 16.3. The van der Waals surface area contributed by atoms with Gasteiger partial charge in [0.05, 0.1) is 18.5 Å². The first-order valence-corrected chi connectivity index (χ1v) is 9.75. The van der Waals surface area contributed by atoms with Crippen molar-refractivity contribution in [1.82, 2.24) is 15.3 Å². The van der Waals surface area contributed by atoms with Gasteiger partial charge in [-0.2, -0.15) is 0 Å². The van der Waals surface area contributed by atoms with Crippen molar-refractivity contribution < 1.29 is 15.0 Å². The van der Waals surface area contributed by atoms with Gasteiger partial charge in [0.2, 0.25) is 0 Å². The molecule has 0 aliphatic rings. The molecule has 6 heteroatoms. The summed E-state index contributed by atoms with van der Waals surface area (Å²) in [6.07, 6.45) is 9.30. The van der Waals surface area contributed by atoms with Crippen LogP contribution in [-0.2, 0) is 12.0 Å². The van der Waals surface area contributed by atoms with Crippen LogP contribution in [0.2, 0.25) is 0 Å². The van der Waals surface area contributed by atoms with Crippen LogP contribution in [-0.4, -0.2) is 32.9 Å². The highest BCUT2D eigenvalue weighted by molar-refractivity contribution is 5.66. The standard InChI is InChI=1S/C21H31N3O3/c1-3-4-5-6-7-8-9-16-10-12-17(13-11-16)18-14-22-19(23-18)21(2,15-25)24-20(26)27/h10-14,24-25H,3-9,15H2,1-2H3,(H,22,23)(H,26,27). The second kappa shape index (κ2) is 10.1. The molecule has 2 rings (SSSR count). The number of imidazole rings is 1. The van der Waals surface area contributed by atoms with Gasteiger partial charge >= 0.3 is 6.09 Å². The monoisotopic (exact) mass is 373 g/mol. The summed E-state index contributed by atoms with van der Waals surface area (Å²) < 4.78 is 0. The maximum Gasteiger partial charge on any atom is 0.405 e. The Balaban J connectivity index is 1.95. The maximum atomic E-state index is 11.0. The van der Waals surface area contributed by atoms with E-state index in [0.717, 1.165) is 17.7 Å². The number of aliphatic hydroxyl groups is 1. The van der Waals surface area contributed by atoms with Crippen LogP contribution < -0.4 is 5.32 Å². The van der Waals surface area contributed by atoms with E-state index in [9.17, 15) is 9.90 Å². The molecule has 1 amide bonds. The van der Waals surface area contributed by atoms with Crippen LogP contribution in [0.25, 0.3) is 11.3 Å². The van der Waals surface area contributed by atoms with Gasteiger partial charge in [0.25, 0.3) is 0 Å². The van der Waals surface area contributed by atoms with E-state index in [0.29, 0.717) is 5.82 Å². The molecule has 1 aromatic heterocycles. The maximum absolute atomic E-state index is 11.0. The molecule has 0 bridgehead atoms. The van der Waals surface area contributed by atoms with Crippen LogP contribution in [0.4, 0.5) is 4.79 Å². The average Bonchev–Trinajstić information content (AvgIpc) is 3.15. The van der Waals surface area contributed by atoms with Crippen LogP contribution in [0.15, 0.2) is 30.5 Å². The fourth-order valence-electron chi connectivity index (χ4n) is 3.12. The Labute approximate surface area is 161 Å². The summed E-state index contributed by atoms with van der Waals surface area (Å²) in [6, 6.07) is 8.35. The third-order valence-electron chi connectivity index (χ3n) is 4.88. The number of aliphatic hydroxyl groups excluding tert-OH is 1. The van der Waals surface area contributed by atoms with Gasteiger partial charge in [0.1, 0.15) is 11.4 Å². The summed E-state index contributed by atoms with van der Waals surface area (Å²) in [4.78, 5) is 18.3. The number of hydrogen-bond acceptors (Lipinski definition) is 3. The van der Waals surface area contributed by atoms with Crippen molar-refractivity contribution in [1.29, 1.82) is 0 Å². The molecule has 148 valence electrons. The Kier molecular flexibility index (Phi) is 7.85. The second-order valence-corrected chi connectivity index (χ2v) is 7.28. The zero-order valence-electron chi connectivity index (χ0n) is 16.3. The van der Waals surface area contributed by atoms with Crippen LogP contribution in [0.3, 0.4) is 0 Å². The van der Waals surface area contributed by atoms with Gasteiger partial charge in [-0.05, 0) is 30.9 Å². The van der Waals surface area contributed by atoms with Crippen LogP contribution in [0.5, 0.6) is 0 Å². The van der Waals surface area contributed by atoms with Gasteiger partial charge in [-0.15, -0.1) is 0 Å². The van der Waals surface area contributed by atoms with E-state index in [1.54, 1.807) is 13.1 Å². The first-order valence-electron chi connectivity index (χ1n) is 9.75. The van der Waals surface area contributed by atoms with E-state index in [-0.39, 0.29) is 6.61 Å². The van der Waals surface area contributed by atoms with E-state index in [4.69, 9.17) is 5.11 Å². The second-order valence-electron chi connectivity index (χ2n) is 7.28. The Morgan fingerprint density at radius 2 is 1.81 bits per heavy atom. The number of unbranched alkanes of at least 4 members (excludes halogenated alkanes) is 5. The fraction of sp³-hybridized carbons (Fsp3) is 0.524. The number of benzene rings is 1. The predicted molar refractivity (Wildman–Crippen MR) is 107 cm³/mol. The lowest BCUT2D eigenvalue weighted by molar-refractivity contribution is 0.142. The van der Waals surface area contributed by atoms with Crippen molar-refractivity contribution in [2.75, 3.05) is 6.61 Å². The molecule has 1 aromatic carbocycles. The molecule has 27 heavy (non-hydrogen) atoms. The molecule has 1 atom stereocenters. The van der Waals surface area contributed by atoms with E-state index < -0.39 is 11.6 Å². The number of nitrogens with one attached hydrogen (secondary N) is 2. The third kappa shape index (κ3) is 6.10. The molecule has 4 N–H and O–H groups in total. The van der Waals surface area contributed by atoms with Crippen molar-refractivity contribution in [3.8, 4) is 11.3 Å². The number of nitrogens with zero attached hydrogens (tertiary/aromatic N) is 1. The molecule has 0 saturated carbocycles. The van der Waals surface area contributed by atoms with Crippen molar-refractivity contribution in [2.45, 2.75) is 64.3 Å². The lowest BCUT2D eigenvalue weighted by Gasteiger charge is -2.24. The first kappa shape index (κ1) is 21.0. The minimum Gasteiger partial charge on any atom is -0.465 e. The Morgan fingerprint density at radius 3 is 2.44 bits per heavy atom. The molecular formula is C21H31N3O3. The van der Waals surface area contributed by atoms with E-state index in [1.165, 1.54) is 44.1 Å². The van der Waals surface area contributed by atoms with E-state index in [1.807, 2.05) is 12.1 Å². The van der Waals surface area contributed by atoms with Crippen LogP contribution in [0.1, 0.15) is 63.8 Å². The van der Waals surface area contributed by atoms with Gasteiger partial charge in [-0.3, -0.25) is 0 Å². The normalized spacial score (nSPS) is 13.3. The highest BCUT2D eigenvalue weighted by Crippen LogP contribution is 2.23. The molecule has 0 radical (unpaired) electrons. The summed E-state index contributed by atoms with van der Waals surface area (Å²) >= 11 is 0. The molecule has 1 heterocycles. The predicted octanol–water partition coefficient (Wildman–Crippen LogP) is 4.45. The summed E-state index contributed by atoms with van der Waals surface area (Å²) in [5.74, 6) is 0.388. The number of aryl methyl sites for hydroxylation is 1. The quantitative estimate of drug-likeness (QED) is 0.437. The summed E-state index contributed by atoms with van der Waals surface area (Å²) in [7, 11) is 0. The molecule has 2 aromatic rings. The minimum absolute atomic E-state index is 0.385. The number of aromatic amines is 1. The number of carboxylic acid groups (broad SMARTS) is 1. The van der Waals surface area contributed by atoms with Crippen LogP contribution >= 0.6 is 0 Å². The Morgan fingerprint density at radius 1 is 1.15 bits per heavy atom. The number of hydrogen-bond donors (Lipinski definition) is 4. The van der Waals surface area contributed by atoms with Gasteiger partial charge in [0.15, 0.2) is 0 Å². The molecule has 1 unspecified atom stereocenters. The van der Waals surface area contributed by atoms with Crippen molar-refractivity contribution in [3.63, 3.8) is 0 Å². The fourth-order valence-corrected chi connectivity index (χ4v) is 3.12. The molecule has 0 aliphatic carbocycles. The molecular weight excluding hydrogens is 342 g/mol. The Bertz CT molecular complexity index is 712. The molecule has 0 saturated heterocycles. The number of carbonyl (C=O) groups is 1. The summed E-state index contributed by atoms with van der Waals surface area (Å²) in [6.45, 7) is 3.44. The van der Waals surface area contributed by atoms with Gasteiger partial charge < -0.3 is 20.5 Å². The number of rotatable bonds is 11. The minimum atomic E-state index is -1.21. The lowest BCUT2D eigenvalue weighted by atomic mass is 10.0. The smallest absolute Gasteiger partial charge is 0.405 e. The van der Waals surface area contributed by atoms with Gasteiger partial charge in [-0.25, -0.2) is 9.78 Å². The summed E-state index contributed by atoms with van der Waals surface area (Å²) in [5.41, 5.74) is 1.93. The highest BCUT2D eigenvalue weighted by Gasteiger charge is 2.31. The van der Waals surface area contributed by atoms with Gasteiger partial charge in [0, 0.05) is 0 Å². The zero-order chi connectivity index (χ0) is 19.7. The number of aromatic nitrogens is 2. The topological polar surface area (TPSA) is 98.2 Å². The van der Waals surface area contributed by atoms with E-state index >= 15 is 0 Å². The molecule has 0 spiro atoms. The lowest BCUT2D eigenvalue weighted by Crippen LogP contribution is -2.46. The van der Waals surface area contributed by atoms with Crippen LogP contribution in [0, 0.1) is 0 Å². The van der Waals surface area contributed by atoms with Crippen molar-refractivity contribution >= 4 is 6.09 Å².